The molecule has 0 saturated carbocycles. The summed E-state index contributed by atoms with van der Waals surface area (Å²) in [5, 5.41) is 6.16. The molecule has 4 atom stereocenters. The molecule has 6 aromatic carbocycles. The quantitative estimate of drug-likeness (QED) is 0.116. The minimum Gasteiger partial charge on any atom is -0.481 e. The van der Waals surface area contributed by atoms with Crippen molar-refractivity contribution >= 4 is 23.2 Å². The lowest BCUT2D eigenvalue weighted by molar-refractivity contribution is -0.122. The van der Waals surface area contributed by atoms with Crippen molar-refractivity contribution in [2.24, 2.45) is 0 Å². The van der Waals surface area contributed by atoms with E-state index in [1.807, 2.05) is 60.7 Å². The molecular formula is C51H52N2O4. The molecule has 0 aromatic heterocycles. The molecule has 0 heterocycles. The molecule has 57 heavy (non-hydrogen) atoms. The van der Waals surface area contributed by atoms with E-state index in [1.165, 1.54) is 22.3 Å². The molecule has 2 N–H and O–H groups in total. The van der Waals surface area contributed by atoms with Gasteiger partial charge in [-0.25, -0.2) is 0 Å². The minimum absolute atomic E-state index is 0.218. The molecule has 0 radical (unpaired) electrons. The monoisotopic (exact) mass is 756 g/mol. The molecule has 0 aliphatic heterocycles. The maximum absolute atomic E-state index is 13.4. The van der Waals surface area contributed by atoms with Gasteiger partial charge in [-0.2, -0.15) is 0 Å². The topological polar surface area (TPSA) is 76.7 Å². The molecule has 7 rings (SSSR count). The summed E-state index contributed by atoms with van der Waals surface area (Å²) in [5.41, 5.74) is 9.73. The molecule has 0 bridgehead atoms. The summed E-state index contributed by atoms with van der Waals surface area (Å²) >= 11 is 0. The summed E-state index contributed by atoms with van der Waals surface area (Å²) < 4.78 is 12.4. The van der Waals surface area contributed by atoms with Crippen LogP contribution in [0.3, 0.4) is 0 Å². The zero-order chi connectivity index (χ0) is 40.1. The van der Waals surface area contributed by atoms with Crippen LogP contribution >= 0.6 is 0 Å². The number of hydrogen-bond acceptors (Lipinski definition) is 4. The van der Waals surface area contributed by atoms with E-state index in [2.05, 4.69) is 123 Å². The molecule has 1 aliphatic rings. The molecule has 4 unspecified atom stereocenters. The number of carbonyl (C=O) groups excluding carboxylic acids is 2. The third-order valence-electron chi connectivity index (χ3n) is 11.6. The van der Waals surface area contributed by atoms with Crippen LogP contribution < -0.4 is 20.1 Å². The summed E-state index contributed by atoms with van der Waals surface area (Å²) in [6, 6.07) is 49.3. The molecule has 6 nitrogen and oxygen atoms in total. The van der Waals surface area contributed by atoms with Crippen molar-refractivity contribution in [2.45, 2.75) is 83.8 Å². The Bertz CT molecular complexity index is 2180. The van der Waals surface area contributed by atoms with Crippen molar-refractivity contribution in [3.8, 4) is 22.6 Å². The van der Waals surface area contributed by atoms with Gasteiger partial charge in [-0.05, 0) is 119 Å². The number of fused-ring (bicyclic) bond motifs is 3. The largest absolute Gasteiger partial charge is 0.481 e. The van der Waals surface area contributed by atoms with Gasteiger partial charge in [0, 0.05) is 11.4 Å². The molecule has 6 aromatic rings. The van der Waals surface area contributed by atoms with Crippen LogP contribution in [0.15, 0.2) is 146 Å². The van der Waals surface area contributed by atoms with E-state index in [1.54, 1.807) is 13.8 Å². The second-order valence-electron chi connectivity index (χ2n) is 15.2. The number of rotatable bonds is 14. The second-order valence-corrected chi connectivity index (χ2v) is 15.2. The summed E-state index contributed by atoms with van der Waals surface area (Å²) in [6.07, 6.45) is 0.578. The molecule has 0 saturated heterocycles. The number of nitrogens with one attached hydrogen (secondary N) is 2. The molecule has 2 amide bonds. The highest BCUT2D eigenvalue weighted by Gasteiger charge is 2.45. The lowest BCUT2D eigenvalue weighted by Crippen LogP contribution is -2.31. The lowest BCUT2D eigenvalue weighted by Gasteiger charge is -2.34. The Balaban J connectivity index is 1.16. The van der Waals surface area contributed by atoms with Crippen LogP contribution in [0.5, 0.6) is 11.5 Å². The van der Waals surface area contributed by atoms with Crippen LogP contribution in [0.1, 0.15) is 99.6 Å². The van der Waals surface area contributed by atoms with Crippen LogP contribution in [0.2, 0.25) is 0 Å². The number of ether oxygens (including phenoxy) is 2. The Morgan fingerprint density at radius 2 is 0.842 bits per heavy atom. The predicted octanol–water partition coefficient (Wildman–Crippen LogP) is 11.9. The first-order valence-corrected chi connectivity index (χ1v) is 20.2. The van der Waals surface area contributed by atoms with Crippen LogP contribution in [-0.2, 0) is 15.0 Å². The van der Waals surface area contributed by atoms with Crippen molar-refractivity contribution < 1.29 is 19.1 Å². The lowest BCUT2D eigenvalue weighted by atomic mass is 9.67. The zero-order valence-electron chi connectivity index (χ0n) is 33.7. The molecule has 6 heteroatoms. The van der Waals surface area contributed by atoms with E-state index in [0.29, 0.717) is 23.2 Å². The van der Waals surface area contributed by atoms with Crippen LogP contribution in [0.4, 0.5) is 11.4 Å². The average molecular weight is 757 g/mol. The van der Waals surface area contributed by atoms with Gasteiger partial charge >= 0.3 is 0 Å². The highest BCUT2D eigenvalue weighted by molar-refractivity contribution is 5.95. The van der Waals surface area contributed by atoms with Gasteiger partial charge in [0.05, 0.1) is 5.41 Å². The van der Waals surface area contributed by atoms with Crippen molar-refractivity contribution in [3.05, 3.63) is 179 Å². The van der Waals surface area contributed by atoms with E-state index in [4.69, 9.17) is 9.47 Å². The van der Waals surface area contributed by atoms with Gasteiger partial charge in [-0.15, -0.1) is 0 Å². The van der Waals surface area contributed by atoms with Crippen molar-refractivity contribution in [1.29, 1.82) is 0 Å². The first kappa shape index (κ1) is 39.1. The number of hydrogen-bond donors (Lipinski definition) is 2. The highest BCUT2D eigenvalue weighted by Crippen LogP contribution is 2.56. The Hall–Kier alpha value is -6.14. The number of anilines is 2. The second kappa shape index (κ2) is 16.9. The molecule has 0 fully saturated rings. The third-order valence-corrected chi connectivity index (χ3v) is 11.6. The van der Waals surface area contributed by atoms with Crippen molar-refractivity contribution in [2.75, 3.05) is 10.6 Å². The number of benzene rings is 6. The fourth-order valence-corrected chi connectivity index (χ4v) is 8.04. The van der Waals surface area contributed by atoms with Gasteiger partial charge in [0.1, 0.15) is 11.5 Å². The molecule has 290 valence electrons. The summed E-state index contributed by atoms with van der Waals surface area (Å²) in [4.78, 5) is 26.9. The Labute approximate surface area is 337 Å². The first-order chi connectivity index (χ1) is 27.6. The fourth-order valence-electron chi connectivity index (χ4n) is 8.04. The predicted molar refractivity (Wildman–Crippen MR) is 231 cm³/mol. The summed E-state index contributed by atoms with van der Waals surface area (Å²) in [7, 11) is 0. The molecular weight excluding hydrogens is 705 g/mol. The maximum Gasteiger partial charge on any atom is 0.265 e. The first-order valence-electron chi connectivity index (χ1n) is 20.2. The van der Waals surface area contributed by atoms with Crippen LogP contribution in [-0.4, -0.2) is 24.0 Å². The summed E-state index contributed by atoms with van der Waals surface area (Å²) in [5.74, 6) is 1.69. The standard InChI is InChI=1S/C51H52N2O4/c1-7-33(3)41-17-11-15-23-47(41)56-35(5)49(54)52-39-29-25-37(26-30-39)51(45-21-13-9-19-43(45)44-20-10-14-22-46(44)51)38-27-31-40(32-28-38)53-50(55)36(6)57-48-24-16-12-18-42(48)34(4)8-2/h9-36H,7-8H2,1-6H3,(H,52,54)(H,53,55). The van der Waals surface area contributed by atoms with Gasteiger partial charge < -0.3 is 20.1 Å². The van der Waals surface area contributed by atoms with Gasteiger partial charge in [-0.1, -0.05) is 137 Å². The minimum atomic E-state index is -0.691. The highest BCUT2D eigenvalue weighted by atomic mass is 16.5. The van der Waals surface area contributed by atoms with E-state index in [0.717, 1.165) is 46.6 Å². The Kier molecular flexibility index (Phi) is 11.6. The Morgan fingerprint density at radius 1 is 0.491 bits per heavy atom. The average Bonchev–Trinajstić information content (AvgIpc) is 3.55. The number of amides is 2. The fraction of sp³-hybridized carbons (Fsp3) is 0.255. The van der Waals surface area contributed by atoms with Crippen molar-refractivity contribution in [1.82, 2.24) is 0 Å². The summed E-state index contributed by atoms with van der Waals surface area (Å²) in [6.45, 7) is 12.2. The number of carbonyl (C=O) groups is 2. The van der Waals surface area contributed by atoms with Crippen LogP contribution in [0.25, 0.3) is 11.1 Å². The zero-order valence-corrected chi connectivity index (χ0v) is 33.7. The van der Waals surface area contributed by atoms with E-state index in [-0.39, 0.29) is 11.8 Å². The SMILES string of the molecule is CCC(C)c1ccccc1OC(C)C(=O)Nc1ccc(C2(c3ccc(NC(=O)C(C)Oc4ccccc4C(C)CC)cc3)c3ccccc3-c3ccccc32)cc1. The normalized spacial score (nSPS) is 14.6. The molecule has 1 aliphatic carbocycles. The Morgan fingerprint density at radius 3 is 1.23 bits per heavy atom. The van der Waals surface area contributed by atoms with E-state index >= 15 is 0 Å². The smallest absolute Gasteiger partial charge is 0.265 e. The van der Waals surface area contributed by atoms with Gasteiger partial charge in [0.15, 0.2) is 12.2 Å². The third kappa shape index (κ3) is 7.69. The number of para-hydroxylation sites is 2. The van der Waals surface area contributed by atoms with E-state index < -0.39 is 17.6 Å². The van der Waals surface area contributed by atoms with Gasteiger partial charge in [0.25, 0.3) is 11.8 Å². The maximum atomic E-state index is 13.4. The van der Waals surface area contributed by atoms with Crippen LogP contribution in [0, 0.1) is 0 Å². The van der Waals surface area contributed by atoms with Crippen molar-refractivity contribution in [3.63, 3.8) is 0 Å². The molecule has 0 spiro atoms. The van der Waals surface area contributed by atoms with Gasteiger partial charge in [-0.3, -0.25) is 9.59 Å². The van der Waals surface area contributed by atoms with E-state index in [9.17, 15) is 9.59 Å². The van der Waals surface area contributed by atoms with Gasteiger partial charge in [0.2, 0.25) is 0 Å².